The Morgan fingerprint density at radius 2 is 1.61 bits per heavy atom. The van der Waals surface area contributed by atoms with E-state index in [1.165, 1.54) is 23.9 Å². The average Bonchev–Trinajstić information content (AvgIpc) is 2.84. The normalized spacial score (nSPS) is 11.4. The van der Waals surface area contributed by atoms with E-state index in [-0.39, 0.29) is 17.0 Å². The van der Waals surface area contributed by atoms with E-state index >= 15 is 0 Å². The van der Waals surface area contributed by atoms with Gasteiger partial charge in [-0.2, -0.15) is 0 Å². The molecule has 1 atom stereocenters. The van der Waals surface area contributed by atoms with Gasteiger partial charge in [-0.05, 0) is 67.8 Å². The lowest BCUT2D eigenvalue weighted by molar-refractivity contribution is -0.115. The van der Waals surface area contributed by atoms with Crippen molar-refractivity contribution in [3.8, 4) is 0 Å². The second-order valence-corrected chi connectivity index (χ2v) is 9.48. The van der Waals surface area contributed by atoms with Gasteiger partial charge in [0.1, 0.15) is 0 Å². The number of aromatic carboxylic acids is 2. The zero-order chi connectivity index (χ0) is 26.4. The highest BCUT2D eigenvalue weighted by Gasteiger charge is 2.20. The summed E-state index contributed by atoms with van der Waals surface area (Å²) in [5.41, 5.74) is 2.47. The van der Waals surface area contributed by atoms with Crippen LogP contribution in [-0.4, -0.2) is 39.2 Å². The largest absolute Gasteiger partial charge is 0.478 e. The fraction of sp³-hybridized carbons (Fsp3) is 0.185. The van der Waals surface area contributed by atoms with Crippen LogP contribution in [-0.2, 0) is 11.2 Å². The number of anilines is 2. The summed E-state index contributed by atoms with van der Waals surface area (Å²) in [6.07, 6.45) is 0.795. The van der Waals surface area contributed by atoms with Crippen molar-refractivity contribution in [2.45, 2.75) is 37.3 Å². The van der Waals surface area contributed by atoms with E-state index in [9.17, 15) is 24.3 Å². The SMILES string of the molecule is CCc1cccc(C)c1NC(=O)C(C)Sc1cccc(NC(=O)c2ccc(C(=O)O)cc2C(=O)O)c1. The van der Waals surface area contributed by atoms with Crippen LogP contribution < -0.4 is 10.6 Å². The molecule has 0 saturated heterocycles. The molecular formula is C27H26N2O6S. The lowest BCUT2D eigenvalue weighted by atomic mass is 10.0. The molecule has 3 aromatic carbocycles. The van der Waals surface area contributed by atoms with Crippen molar-refractivity contribution >= 4 is 46.9 Å². The molecule has 0 bridgehead atoms. The number of carbonyl (C=O) groups is 4. The number of benzene rings is 3. The first-order valence-corrected chi connectivity index (χ1v) is 12.1. The Balaban J connectivity index is 1.73. The highest BCUT2D eigenvalue weighted by atomic mass is 32.2. The summed E-state index contributed by atoms with van der Waals surface area (Å²) in [5.74, 6) is -3.54. The maximum Gasteiger partial charge on any atom is 0.336 e. The third kappa shape index (κ3) is 6.31. The number of carboxylic acid groups (broad SMARTS) is 2. The van der Waals surface area contributed by atoms with Gasteiger partial charge in [-0.25, -0.2) is 9.59 Å². The average molecular weight is 507 g/mol. The van der Waals surface area contributed by atoms with Crippen molar-refractivity contribution in [3.63, 3.8) is 0 Å². The summed E-state index contributed by atoms with van der Waals surface area (Å²) in [5, 5.41) is 23.8. The molecule has 0 aliphatic carbocycles. The van der Waals surface area contributed by atoms with E-state index < -0.39 is 28.7 Å². The summed E-state index contributed by atoms with van der Waals surface area (Å²) in [7, 11) is 0. The first-order chi connectivity index (χ1) is 17.1. The van der Waals surface area contributed by atoms with Crippen LogP contribution in [0.25, 0.3) is 0 Å². The van der Waals surface area contributed by atoms with Gasteiger partial charge in [0, 0.05) is 16.3 Å². The van der Waals surface area contributed by atoms with Crippen LogP contribution in [0.5, 0.6) is 0 Å². The molecule has 0 aliphatic rings. The Bertz CT molecular complexity index is 1340. The topological polar surface area (TPSA) is 133 Å². The molecule has 0 radical (unpaired) electrons. The Morgan fingerprint density at radius 1 is 0.889 bits per heavy atom. The molecule has 9 heteroatoms. The Kier molecular flexibility index (Phi) is 8.50. The van der Waals surface area contributed by atoms with Gasteiger partial charge in [0.05, 0.1) is 21.9 Å². The second-order valence-electron chi connectivity index (χ2n) is 8.06. The molecule has 1 unspecified atom stereocenters. The van der Waals surface area contributed by atoms with Gasteiger partial charge < -0.3 is 20.8 Å². The zero-order valence-electron chi connectivity index (χ0n) is 20.0. The van der Waals surface area contributed by atoms with Crippen molar-refractivity contribution in [1.82, 2.24) is 0 Å². The van der Waals surface area contributed by atoms with Gasteiger partial charge in [0.25, 0.3) is 5.91 Å². The van der Waals surface area contributed by atoms with Crippen LogP contribution in [0, 0.1) is 6.92 Å². The molecule has 0 aliphatic heterocycles. The van der Waals surface area contributed by atoms with Gasteiger partial charge in [-0.3, -0.25) is 9.59 Å². The predicted molar refractivity (Wildman–Crippen MR) is 139 cm³/mol. The molecule has 0 saturated carbocycles. The van der Waals surface area contributed by atoms with Crippen LogP contribution in [0.1, 0.15) is 56.0 Å². The number of thioether (sulfide) groups is 1. The Hall–Kier alpha value is -4.11. The molecule has 8 nitrogen and oxygen atoms in total. The van der Waals surface area contributed by atoms with E-state index in [2.05, 4.69) is 10.6 Å². The van der Waals surface area contributed by atoms with Gasteiger partial charge >= 0.3 is 11.9 Å². The van der Waals surface area contributed by atoms with Crippen LogP contribution in [0.2, 0.25) is 0 Å². The third-order valence-electron chi connectivity index (χ3n) is 5.50. The molecule has 3 aromatic rings. The molecule has 2 amide bonds. The molecule has 3 rings (SSSR count). The molecule has 0 fully saturated rings. The number of para-hydroxylation sites is 1. The Morgan fingerprint density at radius 3 is 2.28 bits per heavy atom. The lowest BCUT2D eigenvalue weighted by Gasteiger charge is -2.16. The number of amides is 2. The molecular weight excluding hydrogens is 480 g/mol. The molecule has 0 heterocycles. The van der Waals surface area contributed by atoms with Crippen LogP contribution in [0.3, 0.4) is 0 Å². The fourth-order valence-electron chi connectivity index (χ4n) is 3.58. The van der Waals surface area contributed by atoms with Gasteiger partial charge in [-0.1, -0.05) is 31.2 Å². The van der Waals surface area contributed by atoms with Crippen molar-refractivity contribution in [3.05, 3.63) is 88.5 Å². The second kappa shape index (κ2) is 11.5. The number of rotatable bonds is 9. The summed E-state index contributed by atoms with van der Waals surface area (Å²) >= 11 is 1.32. The monoisotopic (exact) mass is 506 g/mol. The Labute approximate surface area is 212 Å². The summed E-state index contributed by atoms with van der Waals surface area (Å²) in [6, 6.07) is 16.0. The number of carboxylic acids is 2. The molecule has 186 valence electrons. The number of nitrogens with one attached hydrogen (secondary N) is 2. The zero-order valence-corrected chi connectivity index (χ0v) is 20.8. The van der Waals surface area contributed by atoms with Gasteiger partial charge in [0.15, 0.2) is 0 Å². The lowest BCUT2D eigenvalue weighted by Crippen LogP contribution is -2.23. The summed E-state index contributed by atoms with van der Waals surface area (Å²) < 4.78 is 0. The predicted octanol–water partition coefficient (Wildman–Crippen LogP) is 5.33. The van der Waals surface area contributed by atoms with E-state index in [0.717, 1.165) is 34.2 Å². The van der Waals surface area contributed by atoms with Crippen LogP contribution >= 0.6 is 11.8 Å². The molecule has 4 N–H and O–H groups in total. The standard InChI is InChI=1S/C27H26N2O6S/c1-4-17-8-5-7-15(2)23(17)29-24(30)16(3)36-20-10-6-9-19(14-20)28-25(31)21-12-11-18(26(32)33)13-22(21)27(34)35/h5-14,16H,4H2,1-3H3,(H,28,31)(H,29,30)(H,32,33)(H,34,35). The minimum atomic E-state index is -1.41. The highest BCUT2D eigenvalue weighted by molar-refractivity contribution is 8.00. The number of hydrogen-bond donors (Lipinski definition) is 4. The molecule has 36 heavy (non-hydrogen) atoms. The smallest absolute Gasteiger partial charge is 0.336 e. The number of hydrogen-bond acceptors (Lipinski definition) is 5. The van der Waals surface area contributed by atoms with Gasteiger partial charge in [0.2, 0.25) is 5.91 Å². The number of carbonyl (C=O) groups excluding carboxylic acids is 2. The van der Waals surface area contributed by atoms with Crippen LogP contribution in [0.15, 0.2) is 65.6 Å². The summed E-state index contributed by atoms with van der Waals surface area (Å²) in [6.45, 7) is 5.77. The first-order valence-electron chi connectivity index (χ1n) is 11.2. The quantitative estimate of drug-likeness (QED) is 0.289. The van der Waals surface area contributed by atoms with Gasteiger partial charge in [-0.15, -0.1) is 11.8 Å². The van der Waals surface area contributed by atoms with Crippen LogP contribution in [0.4, 0.5) is 11.4 Å². The minimum Gasteiger partial charge on any atom is -0.478 e. The summed E-state index contributed by atoms with van der Waals surface area (Å²) in [4.78, 5) is 49.1. The van der Waals surface area contributed by atoms with Crippen molar-refractivity contribution in [2.75, 3.05) is 10.6 Å². The van der Waals surface area contributed by atoms with Crippen molar-refractivity contribution < 1.29 is 29.4 Å². The fourth-order valence-corrected chi connectivity index (χ4v) is 4.51. The van der Waals surface area contributed by atoms with Crippen molar-refractivity contribution in [1.29, 1.82) is 0 Å². The number of aryl methyl sites for hydroxylation is 2. The van der Waals surface area contributed by atoms with E-state index in [1.54, 1.807) is 31.2 Å². The van der Waals surface area contributed by atoms with E-state index in [1.807, 2.05) is 32.0 Å². The maximum atomic E-state index is 12.9. The molecule has 0 aromatic heterocycles. The minimum absolute atomic E-state index is 0.150. The maximum absolute atomic E-state index is 12.9. The third-order valence-corrected chi connectivity index (χ3v) is 6.60. The van der Waals surface area contributed by atoms with E-state index in [0.29, 0.717) is 5.69 Å². The van der Waals surface area contributed by atoms with E-state index in [4.69, 9.17) is 5.11 Å². The first kappa shape index (κ1) is 26.5. The van der Waals surface area contributed by atoms with Crippen molar-refractivity contribution in [2.24, 2.45) is 0 Å². The molecule has 0 spiro atoms. The highest BCUT2D eigenvalue weighted by Crippen LogP contribution is 2.28.